The van der Waals surface area contributed by atoms with Crippen molar-refractivity contribution in [1.82, 2.24) is 4.90 Å². The molecule has 1 unspecified atom stereocenters. The molecule has 1 fully saturated rings. The lowest BCUT2D eigenvalue weighted by Crippen LogP contribution is -2.48. The summed E-state index contributed by atoms with van der Waals surface area (Å²) in [4.78, 5) is 16.3. The van der Waals surface area contributed by atoms with Gasteiger partial charge in [0.05, 0.1) is 0 Å². The maximum atomic E-state index is 12.0. The smallest absolute Gasteiger partial charge is 0.222 e. The number of amides is 1. The lowest BCUT2D eigenvalue weighted by Gasteiger charge is -2.36. The number of hydrogen-bond donors (Lipinski definition) is 1. The van der Waals surface area contributed by atoms with Gasteiger partial charge in [0.1, 0.15) is 0 Å². The summed E-state index contributed by atoms with van der Waals surface area (Å²) in [6, 6.07) is 10.5. The van der Waals surface area contributed by atoms with E-state index in [4.69, 9.17) is 5.73 Å². The first kappa shape index (κ1) is 20.0. The second-order valence-corrected chi connectivity index (χ2v) is 5.22. The van der Waals surface area contributed by atoms with Gasteiger partial charge >= 0.3 is 0 Å². The lowest BCUT2D eigenvalue weighted by atomic mass is 10.1. The van der Waals surface area contributed by atoms with Crippen LogP contribution in [0.25, 0.3) is 0 Å². The molecule has 2 N–H and O–H groups in total. The van der Waals surface area contributed by atoms with E-state index in [9.17, 15) is 4.79 Å². The van der Waals surface area contributed by atoms with Crippen LogP contribution in [0.4, 0.5) is 5.69 Å². The predicted molar refractivity (Wildman–Crippen MR) is 92.6 cm³/mol. The summed E-state index contributed by atoms with van der Waals surface area (Å²) in [5.74, 6) is 0.241. The van der Waals surface area contributed by atoms with E-state index >= 15 is 0 Å². The summed E-state index contributed by atoms with van der Waals surface area (Å²) >= 11 is 0. The minimum absolute atomic E-state index is 0. The molecule has 1 aromatic carbocycles. The van der Waals surface area contributed by atoms with Gasteiger partial charge < -0.3 is 15.5 Å². The molecule has 1 aliphatic heterocycles. The molecule has 4 nitrogen and oxygen atoms in total. The van der Waals surface area contributed by atoms with Crippen molar-refractivity contribution < 1.29 is 4.79 Å². The zero-order valence-electron chi connectivity index (χ0n) is 12.4. The highest BCUT2D eigenvalue weighted by molar-refractivity contribution is 5.85. The molecule has 0 aromatic heterocycles. The minimum atomic E-state index is 0. The summed E-state index contributed by atoms with van der Waals surface area (Å²) < 4.78 is 0. The van der Waals surface area contributed by atoms with Crippen molar-refractivity contribution >= 4 is 36.4 Å². The molecule has 0 saturated carbocycles. The number of benzene rings is 1. The monoisotopic (exact) mass is 333 g/mol. The number of carbonyl (C=O) groups excluding carboxylic acids is 1. The molecule has 1 atom stereocenters. The fraction of sp³-hybridized carbons (Fsp3) is 0.533. The molecular formula is C15H25Cl2N3O. The molecule has 6 heteroatoms. The Kier molecular flexibility index (Phi) is 9.42. The fourth-order valence-corrected chi connectivity index (χ4v) is 2.36. The zero-order chi connectivity index (χ0) is 13.7. The summed E-state index contributed by atoms with van der Waals surface area (Å²) in [5, 5.41) is 0. The molecule has 1 aromatic rings. The van der Waals surface area contributed by atoms with Crippen LogP contribution in [-0.4, -0.2) is 43.0 Å². The van der Waals surface area contributed by atoms with E-state index in [1.165, 1.54) is 5.69 Å². The Hall–Kier alpha value is -0.970. The van der Waals surface area contributed by atoms with Gasteiger partial charge in [0, 0.05) is 44.3 Å². The van der Waals surface area contributed by atoms with Gasteiger partial charge in [-0.2, -0.15) is 0 Å². The van der Waals surface area contributed by atoms with Crippen molar-refractivity contribution in [2.24, 2.45) is 5.73 Å². The van der Waals surface area contributed by atoms with Gasteiger partial charge in [0.2, 0.25) is 5.91 Å². The van der Waals surface area contributed by atoms with Crippen LogP contribution >= 0.6 is 24.8 Å². The summed E-state index contributed by atoms with van der Waals surface area (Å²) in [5.41, 5.74) is 6.93. The van der Waals surface area contributed by atoms with Gasteiger partial charge in [-0.25, -0.2) is 0 Å². The van der Waals surface area contributed by atoms with Crippen LogP contribution in [0.1, 0.15) is 19.8 Å². The molecule has 0 spiro atoms. The Morgan fingerprint density at radius 1 is 1.14 bits per heavy atom. The normalized spacial score (nSPS) is 15.7. The van der Waals surface area contributed by atoms with Crippen molar-refractivity contribution in [2.75, 3.05) is 31.1 Å². The second-order valence-electron chi connectivity index (χ2n) is 5.22. The van der Waals surface area contributed by atoms with E-state index < -0.39 is 0 Å². The standard InChI is InChI=1S/C15H23N3O.2ClH/c1-13(16)7-8-15(19)18-11-9-17(10-12-18)14-5-3-2-4-6-14;;/h2-6,13H,7-12,16H2,1H3;2*1H. The quantitative estimate of drug-likeness (QED) is 0.919. The third-order valence-electron chi connectivity index (χ3n) is 3.57. The molecule has 21 heavy (non-hydrogen) atoms. The van der Waals surface area contributed by atoms with E-state index in [2.05, 4.69) is 29.2 Å². The molecular weight excluding hydrogens is 309 g/mol. The molecule has 1 amide bonds. The van der Waals surface area contributed by atoms with Crippen LogP contribution < -0.4 is 10.6 Å². The number of halogens is 2. The first-order valence-corrected chi connectivity index (χ1v) is 7.00. The Morgan fingerprint density at radius 3 is 2.24 bits per heavy atom. The summed E-state index contributed by atoms with van der Waals surface area (Å²) in [7, 11) is 0. The Bertz CT molecular complexity index is 407. The number of rotatable bonds is 4. The van der Waals surface area contributed by atoms with Gasteiger partial charge in [-0.05, 0) is 25.5 Å². The van der Waals surface area contributed by atoms with Crippen molar-refractivity contribution in [1.29, 1.82) is 0 Å². The van der Waals surface area contributed by atoms with Crippen LogP contribution in [0.15, 0.2) is 30.3 Å². The molecule has 1 heterocycles. The molecule has 0 aliphatic carbocycles. The van der Waals surface area contributed by atoms with Crippen molar-refractivity contribution in [3.8, 4) is 0 Å². The van der Waals surface area contributed by atoms with Gasteiger partial charge in [0.15, 0.2) is 0 Å². The first-order valence-electron chi connectivity index (χ1n) is 7.00. The molecule has 2 rings (SSSR count). The number of anilines is 1. The third-order valence-corrected chi connectivity index (χ3v) is 3.57. The van der Waals surface area contributed by atoms with E-state index in [-0.39, 0.29) is 36.8 Å². The number of nitrogens with two attached hydrogens (primary N) is 1. The average molecular weight is 334 g/mol. The van der Waals surface area contributed by atoms with E-state index in [1.54, 1.807) is 0 Å². The molecule has 120 valence electrons. The largest absolute Gasteiger partial charge is 0.368 e. The number of nitrogens with zero attached hydrogens (tertiary/aromatic N) is 2. The van der Waals surface area contributed by atoms with E-state index in [0.29, 0.717) is 6.42 Å². The van der Waals surface area contributed by atoms with E-state index in [1.807, 2.05) is 17.9 Å². The number of hydrogen-bond acceptors (Lipinski definition) is 3. The molecule has 0 radical (unpaired) electrons. The molecule has 0 bridgehead atoms. The predicted octanol–water partition coefficient (Wildman–Crippen LogP) is 2.31. The maximum Gasteiger partial charge on any atom is 0.222 e. The lowest BCUT2D eigenvalue weighted by molar-refractivity contribution is -0.131. The van der Waals surface area contributed by atoms with Crippen LogP contribution in [0.3, 0.4) is 0 Å². The zero-order valence-corrected chi connectivity index (χ0v) is 14.0. The molecule has 1 saturated heterocycles. The van der Waals surface area contributed by atoms with Crippen LogP contribution in [0.5, 0.6) is 0 Å². The molecule has 1 aliphatic rings. The van der Waals surface area contributed by atoms with Crippen molar-refractivity contribution in [3.63, 3.8) is 0 Å². The second kappa shape index (κ2) is 9.87. The highest BCUT2D eigenvalue weighted by Gasteiger charge is 2.20. The Balaban J connectivity index is 0.00000200. The summed E-state index contributed by atoms with van der Waals surface area (Å²) in [6.07, 6.45) is 1.35. The topological polar surface area (TPSA) is 49.6 Å². The van der Waals surface area contributed by atoms with Crippen molar-refractivity contribution in [3.05, 3.63) is 30.3 Å². The highest BCUT2D eigenvalue weighted by atomic mass is 35.5. The van der Waals surface area contributed by atoms with Gasteiger partial charge in [0.25, 0.3) is 0 Å². The van der Waals surface area contributed by atoms with Crippen LogP contribution in [-0.2, 0) is 4.79 Å². The fourth-order valence-electron chi connectivity index (χ4n) is 2.36. The van der Waals surface area contributed by atoms with Gasteiger partial charge in [-0.1, -0.05) is 18.2 Å². The van der Waals surface area contributed by atoms with Gasteiger partial charge in [-0.3, -0.25) is 4.79 Å². The number of para-hydroxylation sites is 1. The summed E-state index contributed by atoms with van der Waals surface area (Å²) in [6.45, 7) is 5.39. The van der Waals surface area contributed by atoms with Crippen molar-refractivity contribution in [2.45, 2.75) is 25.8 Å². The van der Waals surface area contributed by atoms with Crippen LogP contribution in [0.2, 0.25) is 0 Å². The average Bonchev–Trinajstić information content (AvgIpc) is 2.46. The maximum absolute atomic E-state index is 12.0. The number of piperazine rings is 1. The first-order chi connectivity index (χ1) is 9.16. The van der Waals surface area contributed by atoms with Crippen LogP contribution in [0, 0.1) is 0 Å². The highest BCUT2D eigenvalue weighted by Crippen LogP contribution is 2.16. The Morgan fingerprint density at radius 2 is 1.71 bits per heavy atom. The van der Waals surface area contributed by atoms with E-state index in [0.717, 1.165) is 32.6 Å². The minimum Gasteiger partial charge on any atom is -0.368 e. The Labute approximate surface area is 139 Å². The SMILES string of the molecule is CC(N)CCC(=O)N1CCN(c2ccccc2)CC1.Cl.Cl. The van der Waals surface area contributed by atoms with Gasteiger partial charge in [-0.15, -0.1) is 24.8 Å². The number of carbonyl (C=O) groups is 1. The third kappa shape index (κ3) is 6.12.